The number of nitrogens with zero attached hydrogens (tertiary/aromatic N) is 2. The standard InChI is InChI=1S/C18H17N3O8S/c22-14-9-16(17(23)19-12-3-1-11(2-4-12)18(24)25)20(10-14)30(28,29)15-7-5-13(6-8-15)21(26)27/h1-8,14,16,22H,9-10H2,(H,19,23)(H,24,25)/t14?,16-/m0/s1. The summed E-state index contributed by atoms with van der Waals surface area (Å²) in [6.45, 7) is -0.310. The van der Waals surface area contributed by atoms with Gasteiger partial charge in [-0.1, -0.05) is 0 Å². The highest BCUT2D eigenvalue weighted by atomic mass is 32.2. The molecule has 12 heteroatoms. The number of aliphatic hydroxyl groups is 1. The number of carboxylic acids is 1. The van der Waals surface area contributed by atoms with Crippen molar-refractivity contribution >= 4 is 33.3 Å². The predicted octanol–water partition coefficient (Wildman–Crippen LogP) is 1.06. The first-order chi connectivity index (χ1) is 14.1. The molecule has 158 valence electrons. The fraction of sp³-hybridized carbons (Fsp3) is 0.222. The number of carboxylic acid groups (broad SMARTS) is 1. The van der Waals surface area contributed by atoms with Crippen LogP contribution >= 0.6 is 0 Å². The van der Waals surface area contributed by atoms with Crippen molar-refractivity contribution in [1.82, 2.24) is 4.31 Å². The van der Waals surface area contributed by atoms with E-state index in [1.807, 2.05) is 0 Å². The van der Waals surface area contributed by atoms with Crippen molar-refractivity contribution in [3.05, 3.63) is 64.2 Å². The van der Waals surface area contributed by atoms with Crippen LogP contribution in [0.25, 0.3) is 0 Å². The van der Waals surface area contributed by atoms with Crippen molar-refractivity contribution in [1.29, 1.82) is 0 Å². The van der Waals surface area contributed by atoms with E-state index in [9.17, 15) is 33.2 Å². The van der Waals surface area contributed by atoms with E-state index in [1.54, 1.807) is 0 Å². The number of amides is 1. The Morgan fingerprint density at radius 1 is 1.10 bits per heavy atom. The summed E-state index contributed by atoms with van der Waals surface area (Å²) in [5.41, 5.74) is 0.000226. The molecule has 1 heterocycles. The Balaban J connectivity index is 1.82. The monoisotopic (exact) mass is 435 g/mol. The molecule has 0 bridgehead atoms. The van der Waals surface area contributed by atoms with Crippen molar-refractivity contribution in [3.8, 4) is 0 Å². The minimum absolute atomic E-state index is 0.0201. The molecule has 30 heavy (non-hydrogen) atoms. The topological polar surface area (TPSA) is 167 Å². The molecule has 0 saturated carbocycles. The zero-order valence-electron chi connectivity index (χ0n) is 15.3. The molecular weight excluding hydrogens is 418 g/mol. The second kappa shape index (κ2) is 8.18. The van der Waals surface area contributed by atoms with Crippen LogP contribution in [0.3, 0.4) is 0 Å². The van der Waals surface area contributed by atoms with E-state index < -0.39 is 39.0 Å². The maximum Gasteiger partial charge on any atom is 0.335 e. The SMILES string of the molecule is O=C(O)c1ccc(NC(=O)[C@@H]2CC(O)CN2S(=O)(=O)c2ccc([N+](=O)[O-])cc2)cc1. The largest absolute Gasteiger partial charge is 0.478 e. The number of nitro benzene ring substituents is 1. The zero-order valence-corrected chi connectivity index (χ0v) is 16.2. The molecule has 1 fully saturated rings. The Bertz CT molecular complexity index is 1080. The second-order valence-corrected chi connectivity index (χ2v) is 8.49. The van der Waals surface area contributed by atoms with Gasteiger partial charge in [0.2, 0.25) is 15.9 Å². The van der Waals surface area contributed by atoms with Crippen LogP contribution in [0.15, 0.2) is 53.4 Å². The maximum absolute atomic E-state index is 12.9. The van der Waals surface area contributed by atoms with Gasteiger partial charge in [-0.25, -0.2) is 13.2 Å². The number of anilines is 1. The van der Waals surface area contributed by atoms with Crippen LogP contribution in [0.4, 0.5) is 11.4 Å². The van der Waals surface area contributed by atoms with Crippen LogP contribution in [0.5, 0.6) is 0 Å². The van der Waals surface area contributed by atoms with E-state index in [4.69, 9.17) is 5.11 Å². The molecule has 3 rings (SSSR count). The number of β-amino-alcohol motifs (C(OH)–C–C–N with tert-alkyl or cyclic N) is 1. The molecule has 0 spiro atoms. The maximum atomic E-state index is 12.9. The number of nitro groups is 1. The van der Waals surface area contributed by atoms with Gasteiger partial charge in [0.15, 0.2) is 0 Å². The highest BCUT2D eigenvalue weighted by Gasteiger charge is 2.43. The van der Waals surface area contributed by atoms with Crippen molar-refractivity contribution in [2.75, 3.05) is 11.9 Å². The highest BCUT2D eigenvalue weighted by Crippen LogP contribution is 2.28. The van der Waals surface area contributed by atoms with E-state index in [0.29, 0.717) is 0 Å². The van der Waals surface area contributed by atoms with E-state index in [0.717, 1.165) is 28.6 Å². The molecule has 0 aromatic heterocycles. The van der Waals surface area contributed by atoms with Crippen molar-refractivity contribution in [3.63, 3.8) is 0 Å². The third-order valence-corrected chi connectivity index (χ3v) is 6.48. The summed E-state index contributed by atoms with van der Waals surface area (Å²) in [6, 6.07) is 8.30. The molecule has 1 saturated heterocycles. The van der Waals surface area contributed by atoms with Gasteiger partial charge >= 0.3 is 5.97 Å². The lowest BCUT2D eigenvalue weighted by atomic mass is 10.1. The summed E-state index contributed by atoms with van der Waals surface area (Å²) in [4.78, 5) is 33.4. The lowest BCUT2D eigenvalue weighted by Gasteiger charge is -2.23. The van der Waals surface area contributed by atoms with E-state index in [2.05, 4.69) is 5.32 Å². The summed E-state index contributed by atoms with van der Waals surface area (Å²) >= 11 is 0. The van der Waals surface area contributed by atoms with Crippen molar-refractivity contribution in [2.45, 2.75) is 23.5 Å². The number of aliphatic hydroxyl groups excluding tert-OH is 1. The van der Waals surface area contributed by atoms with Gasteiger partial charge in [0.25, 0.3) is 5.69 Å². The zero-order chi connectivity index (χ0) is 22.1. The van der Waals surface area contributed by atoms with Gasteiger partial charge in [0.05, 0.1) is 21.5 Å². The third-order valence-electron chi connectivity index (χ3n) is 4.59. The van der Waals surface area contributed by atoms with E-state index >= 15 is 0 Å². The second-order valence-electron chi connectivity index (χ2n) is 6.60. The first-order valence-electron chi connectivity index (χ1n) is 8.68. The van der Waals surface area contributed by atoms with Gasteiger partial charge in [-0.2, -0.15) is 4.31 Å². The molecule has 1 aliphatic rings. The number of rotatable bonds is 6. The molecule has 1 unspecified atom stereocenters. The Labute approximate surface area is 170 Å². The number of carbonyl (C=O) groups excluding carboxylic acids is 1. The predicted molar refractivity (Wildman–Crippen MR) is 103 cm³/mol. The molecule has 2 aromatic carbocycles. The molecule has 11 nitrogen and oxygen atoms in total. The average Bonchev–Trinajstić information content (AvgIpc) is 3.11. The smallest absolute Gasteiger partial charge is 0.335 e. The molecule has 0 radical (unpaired) electrons. The molecule has 2 aromatic rings. The van der Waals surface area contributed by atoms with Gasteiger partial charge in [-0.15, -0.1) is 0 Å². The summed E-state index contributed by atoms with van der Waals surface area (Å²) in [6.07, 6.45) is -1.20. The van der Waals surface area contributed by atoms with E-state index in [1.165, 1.54) is 24.3 Å². The first kappa shape index (κ1) is 21.4. The Morgan fingerprint density at radius 2 is 1.70 bits per heavy atom. The van der Waals surface area contributed by atoms with Gasteiger partial charge in [0, 0.05) is 30.8 Å². The molecule has 2 atom stereocenters. The fourth-order valence-corrected chi connectivity index (χ4v) is 4.72. The number of non-ortho nitro benzene ring substituents is 1. The molecule has 0 aliphatic carbocycles. The summed E-state index contributed by atoms with van der Waals surface area (Å²) in [7, 11) is -4.21. The average molecular weight is 435 g/mol. The highest BCUT2D eigenvalue weighted by molar-refractivity contribution is 7.89. The number of benzene rings is 2. The minimum atomic E-state index is -4.21. The molecular formula is C18H17N3O8S. The summed E-state index contributed by atoms with van der Waals surface area (Å²) < 4.78 is 26.7. The lowest BCUT2D eigenvalue weighted by molar-refractivity contribution is -0.384. The van der Waals surface area contributed by atoms with Crippen LogP contribution in [0.1, 0.15) is 16.8 Å². The van der Waals surface area contributed by atoms with Crippen LogP contribution < -0.4 is 5.32 Å². The van der Waals surface area contributed by atoms with Crippen LogP contribution in [0.2, 0.25) is 0 Å². The van der Waals surface area contributed by atoms with Crippen molar-refractivity contribution in [2.24, 2.45) is 0 Å². The summed E-state index contributed by atoms with van der Waals surface area (Å²) in [5, 5.41) is 32.2. The summed E-state index contributed by atoms with van der Waals surface area (Å²) in [5.74, 6) is -1.83. The van der Waals surface area contributed by atoms with Crippen LogP contribution in [-0.4, -0.2) is 58.4 Å². The Kier molecular flexibility index (Phi) is 5.82. The van der Waals surface area contributed by atoms with E-state index in [-0.39, 0.29) is 34.8 Å². The number of sulfonamides is 1. The number of carbonyl (C=O) groups is 2. The molecule has 1 amide bonds. The van der Waals surface area contributed by atoms with Gasteiger partial charge in [-0.05, 0) is 36.4 Å². The Hall–Kier alpha value is -3.35. The number of aromatic carboxylic acids is 1. The van der Waals surface area contributed by atoms with Gasteiger partial charge < -0.3 is 15.5 Å². The van der Waals surface area contributed by atoms with Gasteiger partial charge in [0.1, 0.15) is 6.04 Å². The van der Waals surface area contributed by atoms with Gasteiger partial charge in [-0.3, -0.25) is 14.9 Å². The van der Waals surface area contributed by atoms with Crippen LogP contribution in [-0.2, 0) is 14.8 Å². The number of hydrogen-bond acceptors (Lipinski definition) is 7. The van der Waals surface area contributed by atoms with Crippen LogP contribution in [0, 0.1) is 10.1 Å². The van der Waals surface area contributed by atoms with Crippen molar-refractivity contribution < 1.29 is 33.1 Å². The third kappa shape index (κ3) is 4.30. The quantitative estimate of drug-likeness (QED) is 0.447. The number of nitrogens with one attached hydrogen (secondary N) is 1. The molecule has 3 N–H and O–H groups in total. The Morgan fingerprint density at radius 3 is 2.23 bits per heavy atom. The number of hydrogen-bond donors (Lipinski definition) is 3. The minimum Gasteiger partial charge on any atom is -0.478 e. The first-order valence-corrected chi connectivity index (χ1v) is 10.1. The fourth-order valence-electron chi connectivity index (χ4n) is 3.09. The normalized spacial score (nSPS) is 19.4. The molecule has 1 aliphatic heterocycles. The lowest BCUT2D eigenvalue weighted by Crippen LogP contribution is -2.43.